The number of ketones is 1. The van der Waals surface area contributed by atoms with Gasteiger partial charge in [-0.1, -0.05) is 37.4 Å². The van der Waals surface area contributed by atoms with Crippen LogP contribution in [0.4, 0.5) is 0 Å². The van der Waals surface area contributed by atoms with E-state index in [0.29, 0.717) is 11.4 Å². The molecule has 1 aromatic rings. The van der Waals surface area contributed by atoms with Gasteiger partial charge in [-0.15, -0.1) is 0 Å². The molecule has 0 radical (unpaired) electrons. The SMILES string of the molecule is CC1(CCCCCC(=O)NO)CCc2ccc(Cl)cc2C1=O. The van der Waals surface area contributed by atoms with Crippen molar-refractivity contribution < 1.29 is 14.8 Å². The molecule has 4 nitrogen and oxygen atoms in total. The van der Waals surface area contributed by atoms with Crippen LogP contribution in [0.25, 0.3) is 0 Å². The highest BCUT2D eigenvalue weighted by Gasteiger charge is 2.37. The first-order valence-electron chi connectivity index (χ1n) is 7.72. The average Bonchev–Trinajstić information content (AvgIpc) is 2.51. The Balaban J connectivity index is 1.91. The molecule has 22 heavy (non-hydrogen) atoms. The van der Waals surface area contributed by atoms with Crippen molar-refractivity contribution in [3.63, 3.8) is 0 Å². The molecule has 1 aliphatic rings. The highest BCUT2D eigenvalue weighted by atomic mass is 35.5. The quantitative estimate of drug-likeness (QED) is 0.473. The van der Waals surface area contributed by atoms with Crippen molar-refractivity contribution in [1.29, 1.82) is 0 Å². The van der Waals surface area contributed by atoms with Crippen molar-refractivity contribution in [2.75, 3.05) is 0 Å². The van der Waals surface area contributed by atoms with Crippen LogP contribution in [0.3, 0.4) is 0 Å². The van der Waals surface area contributed by atoms with Gasteiger partial charge in [0.2, 0.25) is 5.91 Å². The summed E-state index contributed by atoms with van der Waals surface area (Å²) >= 11 is 6.01. The van der Waals surface area contributed by atoms with Crippen LogP contribution in [0, 0.1) is 5.41 Å². The van der Waals surface area contributed by atoms with Crippen LogP contribution in [-0.2, 0) is 11.2 Å². The number of unbranched alkanes of at least 4 members (excludes halogenated alkanes) is 2. The van der Waals surface area contributed by atoms with Crippen LogP contribution in [0.15, 0.2) is 18.2 Å². The summed E-state index contributed by atoms with van der Waals surface area (Å²) in [6.07, 6.45) is 5.39. The summed E-state index contributed by atoms with van der Waals surface area (Å²) < 4.78 is 0. The lowest BCUT2D eigenvalue weighted by molar-refractivity contribution is -0.129. The van der Waals surface area contributed by atoms with E-state index in [1.807, 2.05) is 19.1 Å². The number of halogens is 1. The number of carbonyl (C=O) groups excluding carboxylic acids is 2. The molecule has 5 heteroatoms. The molecule has 0 heterocycles. The Labute approximate surface area is 135 Å². The Bertz CT molecular complexity index is 573. The number of carbonyl (C=O) groups is 2. The molecule has 0 aromatic heterocycles. The fraction of sp³-hybridized carbons (Fsp3) is 0.529. The number of rotatable bonds is 6. The number of benzene rings is 1. The van der Waals surface area contributed by atoms with E-state index in [2.05, 4.69) is 0 Å². The molecule has 2 N–H and O–H groups in total. The number of hydrogen-bond donors (Lipinski definition) is 2. The summed E-state index contributed by atoms with van der Waals surface area (Å²) in [5, 5.41) is 9.03. The molecule has 0 bridgehead atoms. The van der Waals surface area contributed by atoms with Crippen LogP contribution >= 0.6 is 11.6 Å². The normalized spacial score (nSPS) is 20.6. The van der Waals surface area contributed by atoms with E-state index in [-0.39, 0.29) is 17.1 Å². The van der Waals surface area contributed by atoms with Crippen molar-refractivity contribution >= 4 is 23.3 Å². The summed E-state index contributed by atoms with van der Waals surface area (Å²) in [5.41, 5.74) is 3.15. The van der Waals surface area contributed by atoms with E-state index in [9.17, 15) is 9.59 Å². The van der Waals surface area contributed by atoms with Gasteiger partial charge in [0.25, 0.3) is 0 Å². The molecule has 1 unspecified atom stereocenters. The zero-order valence-electron chi connectivity index (χ0n) is 12.8. The number of nitrogens with one attached hydrogen (secondary N) is 1. The van der Waals surface area contributed by atoms with E-state index < -0.39 is 0 Å². The zero-order chi connectivity index (χ0) is 16.2. The number of hydroxylamine groups is 1. The number of hydrogen-bond acceptors (Lipinski definition) is 3. The van der Waals surface area contributed by atoms with Gasteiger partial charge in [-0.25, -0.2) is 5.48 Å². The van der Waals surface area contributed by atoms with Gasteiger partial charge >= 0.3 is 0 Å². The molecule has 0 saturated carbocycles. The topological polar surface area (TPSA) is 66.4 Å². The third-order valence-corrected chi connectivity index (χ3v) is 4.80. The molecule has 0 spiro atoms. The van der Waals surface area contributed by atoms with Gasteiger partial charge < -0.3 is 0 Å². The van der Waals surface area contributed by atoms with Gasteiger partial charge in [0.05, 0.1) is 0 Å². The third-order valence-electron chi connectivity index (χ3n) is 4.57. The van der Waals surface area contributed by atoms with Crippen LogP contribution in [0.5, 0.6) is 0 Å². The molecule has 0 saturated heterocycles. The summed E-state index contributed by atoms with van der Waals surface area (Å²) in [5.74, 6) is -0.173. The first-order valence-corrected chi connectivity index (χ1v) is 8.10. The first kappa shape index (κ1) is 17.0. The second-order valence-electron chi connectivity index (χ2n) is 6.29. The summed E-state index contributed by atoms with van der Waals surface area (Å²) in [4.78, 5) is 23.7. The van der Waals surface area contributed by atoms with Crippen molar-refractivity contribution in [2.45, 2.75) is 51.9 Å². The molecule has 2 rings (SSSR count). The lowest BCUT2D eigenvalue weighted by Gasteiger charge is -2.33. The van der Waals surface area contributed by atoms with E-state index in [0.717, 1.165) is 49.7 Å². The second kappa shape index (κ2) is 7.25. The largest absolute Gasteiger partial charge is 0.294 e. The lowest BCUT2D eigenvalue weighted by atomic mass is 9.69. The molecular formula is C17H22ClNO3. The predicted molar refractivity (Wildman–Crippen MR) is 85.2 cm³/mol. The van der Waals surface area contributed by atoms with E-state index >= 15 is 0 Å². The Morgan fingerprint density at radius 1 is 1.36 bits per heavy atom. The van der Waals surface area contributed by atoms with Crippen LogP contribution in [0.2, 0.25) is 5.02 Å². The summed E-state index contributed by atoms with van der Waals surface area (Å²) in [6, 6.07) is 5.56. The molecule has 1 atom stereocenters. The molecule has 1 aliphatic carbocycles. The highest BCUT2D eigenvalue weighted by molar-refractivity contribution is 6.31. The molecule has 1 amide bonds. The van der Waals surface area contributed by atoms with Crippen LogP contribution < -0.4 is 5.48 Å². The average molecular weight is 324 g/mol. The Kier molecular flexibility index (Phi) is 5.59. The van der Waals surface area contributed by atoms with Crippen molar-refractivity contribution in [2.24, 2.45) is 5.41 Å². The third kappa shape index (κ3) is 3.87. The Hall–Kier alpha value is -1.39. The number of Topliss-reactive ketones (excluding diaryl/α,β-unsaturated/α-hetero) is 1. The van der Waals surface area contributed by atoms with Gasteiger partial charge in [-0.05, 0) is 43.4 Å². The van der Waals surface area contributed by atoms with Crippen molar-refractivity contribution in [3.8, 4) is 0 Å². The predicted octanol–water partition coefficient (Wildman–Crippen LogP) is 3.93. The van der Waals surface area contributed by atoms with E-state index in [1.165, 1.54) is 0 Å². The van der Waals surface area contributed by atoms with Crippen LogP contribution in [0.1, 0.15) is 61.4 Å². The van der Waals surface area contributed by atoms with Crippen LogP contribution in [-0.4, -0.2) is 16.9 Å². The maximum absolute atomic E-state index is 12.8. The lowest BCUT2D eigenvalue weighted by Crippen LogP contribution is -2.33. The molecule has 120 valence electrons. The van der Waals surface area contributed by atoms with Gasteiger partial charge in [0, 0.05) is 22.4 Å². The molecule has 0 fully saturated rings. The zero-order valence-corrected chi connectivity index (χ0v) is 13.6. The monoisotopic (exact) mass is 323 g/mol. The number of aryl methyl sites for hydroxylation is 1. The minimum Gasteiger partial charge on any atom is -0.294 e. The minimum absolute atomic E-state index is 0.185. The van der Waals surface area contributed by atoms with E-state index in [4.69, 9.17) is 16.8 Å². The number of fused-ring (bicyclic) bond motifs is 1. The summed E-state index contributed by atoms with van der Waals surface area (Å²) in [7, 11) is 0. The van der Waals surface area contributed by atoms with Gasteiger partial charge in [-0.3, -0.25) is 14.8 Å². The standard InChI is InChI=1S/C17H22ClNO3/c1-17(9-4-2-3-5-15(20)19-22)10-8-12-6-7-13(18)11-14(12)16(17)21/h6-7,11,22H,2-5,8-10H2,1H3,(H,19,20). The van der Waals surface area contributed by atoms with Gasteiger partial charge in [-0.2, -0.15) is 0 Å². The number of amides is 1. The minimum atomic E-state index is -0.358. The maximum atomic E-state index is 12.8. The van der Waals surface area contributed by atoms with Crippen molar-refractivity contribution in [1.82, 2.24) is 5.48 Å². The second-order valence-corrected chi connectivity index (χ2v) is 6.72. The van der Waals surface area contributed by atoms with Gasteiger partial charge in [0.1, 0.15) is 0 Å². The molecular weight excluding hydrogens is 302 g/mol. The Morgan fingerprint density at radius 2 is 2.14 bits per heavy atom. The summed E-state index contributed by atoms with van der Waals surface area (Å²) in [6.45, 7) is 2.03. The maximum Gasteiger partial charge on any atom is 0.243 e. The fourth-order valence-electron chi connectivity index (χ4n) is 3.10. The Morgan fingerprint density at radius 3 is 2.86 bits per heavy atom. The van der Waals surface area contributed by atoms with Gasteiger partial charge in [0.15, 0.2) is 5.78 Å². The van der Waals surface area contributed by atoms with Crippen molar-refractivity contribution in [3.05, 3.63) is 34.3 Å². The molecule has 0 aliphatic heterocycles. The smallest absolute Gasteiger partial charge is 0.243 e. The fourth-order valence-corrected chi connectivity index (χ4v) is 3.27. The highest BCUT2D eigenvalue weighted by Crippen LogP contribution is 2.40. The molecule has 1 aromatic carbocycles. The van der Waals surface area contributed by atoms with E-state index in [1.54, 1.807) is 11.5 Å². The first-order chi connectivity index (χ1) is 10.5.